The average molecular weight is 955 g/mol. The number of rotatable bonds is 8. The zero-order chi connectivity index (χ0) is 49.7. The second-order valence-corrected chi connectivity index (χ2v) is 20.3. The molecule has 0 aliphatic rings. The van der Waals surface area contributed by atoms with Gasteiger partial charge >= 0.3 is 0 Å². The van der Waals surface area contributed by atoms with Crippen molar-refractivity contribution in [3.63, 3.8) is 0 Å². The van der Waals surface area contributed by atoms with Crippen LogP contribution < -0.4 is 9.30 Å². The van der Waals surface area contributed by atoms with Gasteiger partial charge in [-0.15, -0.1) is 0 Å². The lowest BCUT2D eigenvalue weighted by atomic mass is 9.88. The summed E-state index contributed by atoms with van der Waals surface area (Å²) in [6, 6.07) is 75.3. The number of pyridine rings is 1. The predicted octanol–water partition coefficient (Wildman–Crippen LogP) is 16.2. The van der Waals surface area contributed by atoms with E-state index in [9.17, 15) is 0 Å². The monoisotopic (exact) mass is 954 g/mol. The molecule has 9 aromatic carbocycles. The van der Waals surface area contributed by atoms with Gasteiger partial charge in [-0.3, -0.25) is 13.7 Å². The molecule has 0 N–H and O–H groups in total. The van der Waals surface area contributed by atoms with E-state index >= 15 is 0 Å². The second kappa shape index (κ2) is 16.8. The molecule has 5 heterocycles. The summed E-state index contributed by atoms with van der Waals surface area (Å²) in [4.78, 5) is 5.23. The Morgan fingerprint density at radius 2 is 1.09 bits per heavy atom. The molecule has 0 fully saturated rings. The number of hydrogen-bond donors (Lipinski definition) is 0. The van der Waals surface area contributed by atoms with Gasteiger partial charge in [-0.1, -0.05) is 160 Å². The van der Waals surface area contributed by atoms with Crippen LogP contribution in [-0.2, 0) is 12.5 Å². The average Bonchev–Trinajstić information content (AvgIpc) is 4.22. The maximum atomic E-state index is 6.97. The van der Waals surface area contributed by atoms with E-state index in [1.54, 1.807) is 0 Å². The van der Waals surface area contributed by atoms with Crippen molar-refractivity contribution in [1.82, 2.24) is 23.3 Å². The van der Waals surface area contributed by atoms with Gasteiger partial charge in [0.25, 0.3) is 6.33 Å². The summed E-state index contributed by atoms with van der Waals surface area (Å²) >= 11 is 0. The fraction of sp³-hybridized carbons (Fsp3) is 0.0746. The maximum absolute atomic E-state index is 6.97. The summed E-state index contributed by atoms with van der Waals surface area (Å²) in [5.74, 6) is 2.28. The molecule has 7 nitrogen and oxygen atoms in total. The Bertz CT molecular complexity index is 4440. The first-order valence-electron chi connectivity index (χ1n) is 25.3. The first-order chi connectivity index (χ1) is 36.3. The highest BCUT2D eigenvalue weighted by molar-refractivity contribution is 6.40. The number of aromatic nitrogens is 6. The quantitative estimate of drug-likeness (QED) is 0.113. The molecule has 0 aliphatic carbocycles. The summed E-state index contributed by atoms with van der Waals surface area (Å²) in [5, 5.41) is 7.17. The zero-order valence-corrected chi connectivity index (χ0v) is 41.5. The van der Waals surface area contributed by atoms with Gasteiger partial charge in [0, 0.05) is 75.2 Å². The van der Waals surface area contributed by atoms with Gasteiger partial charge in [-0.05, 0) is 100.0 Å². The Hall–Kier alpha value is -9.46. The molecule has 354 valence electrons. The van der Waals surface area contributed by atoms with E-state index in [-0.39, 0.29) is 5.41 Å². The van der Waals surface area contributed by atoms with Gasteiger partial charge in [-0.25, -0.2) is 4.98 Å². The molecular formula is C67H50N6O. The molecule has 14 rings (SSSR count). The van der Waals surface area contributed by atoms with E-state index in [2.05, 4.69) is 265 Å². The van der Waals surface area contributed by atoms with Crippen LogP contribution in [0.25, 0.3) is 111 Å². The summed E-state index contributed by atoms with van der Waals surface area (Å²) in [6.07, 6.45) is 9.77. The standard InChI is InChI=1S/C67H50N6O/c1-67(2,3)46-36-37-68-59(40-46)73-58-42-50(74-49-27-18-26-48(41-49)70-38-39-71(43-70)63-51(44-20-8-5-9-21-44)30-19-31-52(63)45-22-10-6-11-23-45)34-35-55(58)62-64-60(53-28-14-16-32-56(53)69(64)4)61-54-29-15-17-33-57(54)72(65(61)66(62)73)47-24-12-7-13-25-47/h5-42H,1-4H3. The van der Waals surface area contributed by atoms with Gasteiger partial charge in [0.15, 0.2) is 0 Å². The van der Waals surface area contributed by atoms with Crippen molar-refractivity contribution in [3.05, 3.63) is 243 Å². The van der Waals surface area contributed by atoms with E-state index in [0.29, 0.717) is 5.75 Å². The van der Waals surface area contributed by atoms with Gasteiger partial charge in [0.05, 0.1) is 39.0 Å². The van der Waals surface area contributed by atoms with Crippen LogP contribution in [0.5, 0.6) is 11.5 Å². The number of para-hydroxylation sites is 4. The summed E-state index contributed by atoms with van der Waals surface area (Å²) in [6.45, 7) is 6.79. The van der Waals surface area contributed by atoms with E-state index in [0.717, 1.165) is 78.3 Å². The van der Waals surface area contributed by atoms with Crippen molar-refractivity contribution in [3.8, 4) is 56.6 Å². The molecule has 0 bridgehead atoms. The number of aryl methyl sites for hydroxylation is 1. The lowest BCUT2D eigenvalue weighted by molar-refractivity contribution is -0.599. The Morgan fingerprint density at radius 3 is 1.81 bits per heavy atom. The second-order valence-electron chi connectivity index (χ2n) is 20.3. The topological polar surface area (TPSA) is 45.7 Å². The number of ether oxygens (including phenoxy) is 1. The number of fused-ring (bicyclic) bond motifs is 12. The molecule has 0 saturated carbocycles. The van der Waals surface area contributed by atoms with Gasteiger partial charge in [0.1, 0.15) is 17.3 Å². The van der Waals surface area contributed by atoms with E-state index < -0.39 is 0 Å². The Kier molecular flexibility index (Phi) is 9.85. The molecule has 0 unspecified atom stereocenters. The van der Waals surface area contributed by atoms with Gasteiger partial charge in [-0.2, -0.15) is 0 Å². The third kappa shape index (κ3) is 6.81. The van der Waals surface area contributed by atoms with Crippen LogP contribution in [-0.4, -0.2) is 23.3 Å². The largest absolute Gasteiger partial charge is 0.458 e. The number of benzene rings is 9. The Morgan fingerprint density at radius 1 is 0.500 bits per heavy atom. The summed E-state index contributed by atoms with van der Waals surface area (Å²) in [7, 11) is 2.21. The first-order valence-corrected chi connectivity index (χ1v) is 25.3. The van der Waals surface area contributed by atoms with Crippen LogP contribution in [0, 0.1) is 6.33 Å². The lowest BCUT2D eigenvalue weighted by Gasteiger charge is -2.20. The summed E-state index contributed by atoms with van der Waals surface area (Å²) < 4.78 is 18.4. The van der Waals surface area contributed by atoms with Gasteiger partial charge in [0.2, 0.25) is 0 Å². The highest BCUT2D eigenvalue weighted by Gasteiger charge is 2.29. The minimum absolute atomic E-state index is 0.112. The number of hydrogen-bond acceptors (Lipinski definition) is 2. The normalized spacial score (nSPS) is 12.1. The van der Waals surface area contributed by atoms with Crippen molar-refractivity contribution in [2.24, 2.45) is 7.05 Å². The third-order valence-electron chi connectivity index (χ3n) is 14.8. The van der Waals surface area contributed by atoms with Crippen molar-refractivity contribution < 1.29 is 9.30 Å². The van der Waals surface area contributed by atoms with Crippen LogP contribution in [0.15, 0.2) is 231 Å². The minimum Gasteiger partial charge on any atom is -0.458 e. The zero-order valence-electron chi connectivity index (χ0n) is 41.5. The summed E-state index contributed by atoms with van der Waals surface area (Å²) in [5.41, 5.74) is 15.4. The Balaban J connectivity index is 0.977. The molecular weight excluding hydrogens is 905 g/mol. The molecule has 7 heteroatoms. The number of nitrogens with zero attached hydrogens (tertiary/aromatic N) is 6. The van der Waals surface area contributed by atoms with E-state index in [4.69, 9.17) is 9.72 Å². The van der Waals surface area contributed by atoms with E-state index in [1.807, 2.05) is 22.9 Å². The molecule has 74 heavy (non-hydrogen) atoms. The molecule has 0 atom stereocenters. The van der Waals surface area contributed by atoms with Crippen molar-refractivity contribution in [2.45, 2.75) is 26.2 Å². The first kappa shape index (κ1) is 43.3. The predicted molar refractivity (Wildman–Crippen MR) is 303 cm³/mol. The van der Waals surface area contributed by atoms with Crippen molar-refractivity contribution in [2.75, 3.05) is 0 Å². The molecule has 0 radical (unpaired) electrons. The molecule has 0 amide bonds. The molecule has 0 saturated heterocycles. The lowest BCUT2D eigenvalue weighted by Crippen LogP contribution is -2.28. The fourth-order valence-corrected chi connectivity index (χ4v) is 11.5. The molecule has 14 aromatic rings. The van der Waals surface area contributed by atoms with E-state index in [1.165, 1.54) is 43.5 Å². The number of imidazole rings is 1. The fourth-order valence-electron chi connectivity index (χ4n) is 11.5. The third-order valence-corrected chi connectivity index (χ3v) is 14.8. The van der Waals surface area contributed by atoms with Crippen LogP contribution >= 0.6 is 0 Å². The highest BCUT2D eigenvalue weighted by Crippen LogP contribution is 2.50. The molecule has 5 aromatic heterocycles. The smallest absolute Gasteiger partial charge is 0.268 e. The van der Waals surface area contributed by atoms with Crippen LogP contribution in [0.1, 0.15) is 26.3 Å². The van der Waals surface area contributed by atoms with Crippen LogP contribution in [0.2, 0.25) is 0 Å². The maximum Gasteiger partial charge on any atom is 0.268 e. The van der Waals surface area contributed by atoms with Crippen LogP contribution in [0.3, 0.4) is 0 Å². The van der Waals surface area contributed by atoms with Crippen LogP contribution in [0.4, 0.5) is 0 Å². The Labute approximate surface area is 428 Å². The molecule has 0 spiro atoms. The van der Waals surface area contributed by atoms with Crippen molar-refractivity contribution >= 4 is 65.4 Å². The minimum atomic E-state index is -0.112. The SMILES string of the molecule is Cn1c2ccccc2c2c3c4ccccc4n(-c4ccccc4)c3c3c(c4ccc(Oc5cccc(-[n+]6[c-]n(-c7c(-c8ccccc8)cccc7-c7ccccc7)cc6)c5)cc4n3-c3cc(C(C)(C)C)ccn3)c21. The van der Waals surface area contributed by atoms with Gasteiger partial charge < -0.3 is 13.9 Å². The highest BCUT2D eigenvalue weighted by atomic mass is 16.5. The molecule has 0 aliphatic heterocycles. The van der Waals surface area contributed by atoms with Crippen molar-refractivity contribution in [1.29, 1.82) is 0 Å².